The number of nitrogens with zero attached hydrogens (tertiary/aromatic N) is 4. The number of alkyl halides is 3. The van der Waals surface area contributed by atoms with Gasteiger partial charge in [0.15, 0.2) is 16.3 Å². The SMILES string of the molecule is COc1ncnc(OC)c1C(=O)Nc1nc2c(s1)C1(CN(C(C)(C)CC(C)=O)C1)Oc1cc(C(F)(F)F)ccc1-2. The van der Waals surface area contributed by atoms with E-state index < -0.39 is 28.8 Å². The fourth-order valence-electron chi connectivity index (χ4n) is 5.05. The lowest BCUT2D eigenvalue weighted by atomic mass is 9.81. The van der Waals surface area contributed by atoms with Crippen LogP contribution in [0.25, 0.3) is 11.3 Å². The molecular weight excluding hydrogens is 551 g/mol. The van der Waals surface area contributed by atoms with Crippen molar-refractivity contribution in [3.05, 3.63) is 40.5 Å². The molecule has 0 atom stereocenters. The van der Waals surface area contributed by atoms with E-state index >= 15 is 0 Å². The Bertz CT molecular complexity index is 1480. The largest absolute Gasteiger partial charge is 0.480 e. The molecule has 2 aliphatic heterocycles. The average molecular weight is 578 g/mol. The lowest BCUT2D eigenvalue weighted by molar-refractivity contribution is -0.140. The predicted octanol–water partition coefficient (Wildman–Crippen LogP) is 4.55. The van der Waals surface area contributed by atoms with Crippen LogP contribution in [0.5, 0.6) is 17.5 Å². The summed E-state index contributed by atoms with van der Waals surface area (Å²) in [6.45, 7) is 6.02. The highest BCUT2D eigenvalue weighted by molar-refractivity contribution is 7.16. The molecule has 1 saturated heterocycles. The average Bonchev–Trinajstić information content (AvgIpc) is 3.28. The zero-order valence-corrected chi connectivity index (χ0v) is 23.1. The highest BCUT2D eigenvalue weighted by Crippen LogP contribution is 2.54. The fraction of sp³-hybridized carbons (Fsp3) is 0.423. The van der Waals surface area contributed by atoms with Crippen molar-refractivity contribution in [2.24, 2.45) is 0 Å². The number of hydrogen-bond donors (Lipinski definition) is 1. The molecule has 0 unspecified atom stereocenters. The van der Waals surface area contributed by atoms with Gasteiger partial charge in [-0.1, -0.05) is 11.3 Å². The Hall–Kier alpha value is -3.78. The topological polar surface area (TPSA) is 116 Å². The number of carbonyl (C=O) groups is 2. The molecule has 4 heterocycles. The Morgan fingerprint density at radius 1 is 1.15 bits per heavy atom. The van der Waals surface area contributed by atoms with Gasteiger partial charge in [0.1, 0.15) is 17.9 Å². The van der Waals surface area contributed by atoms with Crippen LogP contribution in [0.1, 0.15) is 48.0 Å². The van der Waals surface area contributed by atoms with Gasteiger partial charge in [0.05, 0.1) is 30.4 Å². The maximum absolute atomic E-state index is 13.5. The van der Waals surface area contributed by atoms with Gasteiger partial charge in [0.25, 0.3) is 5.91 Å². The van der Waals surface area contributed by atoms with Gasteiger partial charge < -0.3 is 14.2 Å². The molecule has 1 spiro atoms. The summed E-state index contributed by atoms with van der Waals surface area (Å²) in [5.74, 6) is -0.569. The number of methoxy groups -OCH3 is 2. The summed E-state index contributed by atoms with van der Waals surface area (Å²) in [6, 6.07) is 3.27. The number of halogens is 3. The van der Waals surface area contributed by atoms with Crippen molar-refractivity contribution in [3.63, 3.8) is 0 Å². The number of ketones is 1. The number of likely N-dealkylation sites (tertiary alicyclic amines) is 1. The van der Waals surface area contributed by atoms with E-state index in [1.54, 1.807) is 0 Å². The van der Waals surface area contributed by atoms with Crippen molar-refractivity contribution >= 4 is 28.2 Å². The molecule has 40 heavy (non-hydrogen) atoms. The molecule has 2 aromatic heterocycles. The maximum atomic E-state index is 13.5. The summed E-state index contributed by atoms with van der Waals surface area (Å²) in [4.78, 5) is 40.3. The Kier molecular flexibility index (Phi) is 6.73. The van der Waals surface area contributed by atoms with E-state index in [1.807, 2.05) is 18.7 Å². The second-order valence-corrected chi connectivity index (χ2v) is 11.3. The molecule has 10 nitrogen and oxygen atoms in total. The number of amides is 1. The molecular formula is C26H26F3N5O5S. The molecule has 5 rings (SSSR count). The number of nitrogens with one attached hydrogen (secondary N) is 1. The lowest BCUT2D eigenvalue weighted by Gasteiger charge is -2.56. The number of rotatable bonds is 7. The van der Waals surface area contributed by atoms with Crippen LogP contribution in [0.2, 0.25) is 0 Å². The quantitative estimate of drug-likeness (QED) is 0.432. The summed E-state index contributed by atoms with van der Waals surface area (Å²) in [7, 11) is 2.70. The number of Topliss-reactive ketones (excluding diaryl/α,β-unsaturated/α-hetero) is 1. The molecule has 212 valence electrons. The highest BCUT2D eigenvalue weighted by Gasteiger charge is 2.56. The molecule has 1 amide bonds. The van der Waals surface area contributed by atoms with Gasteiger partial charge in [-0.15, -0.1) is 0 Å². The highest BCUT2D eigenvalue weighted by atomic mass is 32.1. The standard InChI is InChI=1S/C26H26F3N5O5S/c1-13(35)9-24(2,3)34-10-25(11-34)19-18(15-7-6-14(26(27,28)29)8-16(15)39-25)32-23(40-19)33-20(36)17-21(37-4)30-12-31-22(17)38-5/h6-8,12H,9-11H2,1-5H3,(H,32,33,36). The number of benzene rings is 1. The number of hydrogen-bond acceptors (Lipinski definition) is 10. The van der Waals surface area contributed by atoms with Gasteiger partial charge >= 0.3 is 6.18 Å². The van der Waals surface area contributed by atoms with Gasteiger partial charge in [0, 0.05) is 30.6 Å². The Labute approximate surface area is 231 Å². The van der Waals surface area contributed by atoms with Gasteiger partial charge in [0.2, 0.25) is 11.8 Å². The first-order chi connectivity index (χ1) is 18.8. The van der Waals surface area contributed by atoms with Crippen LogP contribution in [-0.4, -0.2) is 64.4 Å². The molecule has 2 aliphatic rings. The smallest absolute Gasteiger partial charge is 0.416 e. The van der Waals surface area contributed by atoms with Crippen molar-refractivity contribution in [1.82, 2.24) is 19.9 Å². The summed E-state index contributed by atoms with van der Waals surface area (Å²) < 4.78 is 57.3. The van der Waals surface area contributed by atoms with Crippen LogP contribution in [0.4, 0.5) is 18.3 Å². The minimum atomic E-state index is -4.56. The van der Waals surface area contributed by atoms with Crippen LogP contribution in [0.3, 0.4) is 0 Å². The Morgan fingerprint density at radius 3 is 2.38 bits per heavy atom. The third-order valence-corrected chi connectivity index (χ3v) is 8.11. The van der Waals surface area contributed by atoms with E-state index in [2.05, 4.69) is 20.3 Å². The zero-order chi connectivity index (χ0) is 29.0. The van der Waals surface area contributed by atoms with E-state index in [-0.39, 0.29) is 34.0 Å². The first-order valence-electron chi connectivity index (χ1n) is 12.2. The van der Waals surface area contributed by atoms with Gasteiger partial charge in [-0.2, -0.15) is 13.2 Å². The molecule has 0 saturated carbocycles. The van der Waals surface area contributed by atoms with Crippen LogP contribution in [-0.2, 0) is 16.6 Å². The molecule has 1 fully saturated rings. The van der Waals surface area contributed by atoms with Crippen LogP contribution >= 0.6 is 11.3 Å². The number of anilines is 1. The number of ether oxygens (including phenoxy) is 3. The van der Waals surface area contributed by atoms with Crippen LogP contribution in [0.15, 0.2) is 24.5 Å². The molecule has 0 radical (unpaired) electrons. The first kappa shape index (κ1) is 27.8. The minimum Gasteiger partial charge on any atom is -0.480 e. The summed E-state index contributed by atoms with van der Waals surface area (Å²) in [6.07, 6.45) is -3.06. The molecule has 3 aromatic rings. The monoisotopic (exact) mass is 577 g/mol. The van der Waals surface area contributed by atoms with Crippen molar-refractivity contribution in [2.45, 2.75) is 44.5 Å². The Balaban J connectivity index is 1.54. The predicted molar refractivity (Wildman–Crippen MR) is 139 cm³/mol. The molecule has 0 aliphatic carbocycles. The van der Waals surface area contributed by atoms with Crippen molar-refractivity contribution in [3.8, 4) is 28.8 Å². The first-order valence-corrected chi connectivity index (χ1v) is 13.0. The summed E-state index contributed by atoms with van der Waals surface area (Å²) in [5, 5.41) is 2.91. The third kappa shape index (κ3) is 4.74. The lowest BCUT2D eigenvalue weighted by Crippen LogP contribution is -2.68. The number of carbonyl (C=O) groups excluding carboxylic acids is 2. The van der Waals surface area contributed by atoms with Crippen LogP contribution < -0.4 is 19.5 Å². The third-order valence-electron chi connectivity index (χ3n) is 6.95. The zero-order valence-electron chi connectivity index (χ0n) is 22.3. The van der Waals surface area contributed by atoms with E-state index in [9.17, 15) is 22.8 Å². The van der Waals surface area contributed by atoms with E-state index in [0.717, 1.165) is 23.5 Å². The molecule has 14 heteroatoms. The van der Waals surface area contributed by atoms with Crippen LogP contribution in [0, 0.1) is 0 Å². The second-order valence-electron chi connectivity index (χ2n) is 10.3. The maximum Gasteiger partial charge on any atom is 0.416 e. The molecule has 1 aromatic carbocycles. The minimum absolute atomic E-state index is 0.00200. The second kappa shape index (κ2) is 9.70. The van der Waals surface area contributed by atoms with E-state index in [4.69, 9.17) is 14.2 Å². The fourth-order valence-corrected chi connectivity index (χ4v) is 6.13. The summed E-state index contributed by atoms with van der Waals surface area (Å²) in [5.41, 5.74) is -1.58. The summed E-state index contributed by atoms with van der Waals surface area (Å²) >= 11 is 1.16. The number of thiazole rings is 1. The van der Waals surface area contributed by atoms with Gasteiger partial charge in [-0.3, -0.25) is 19.8 Å². The van der Waals surface area contributed by atoms with E-state index in [1.165, 1.54) is 33.5 Å². The Morgan fingerprint density at radius 2 is 1.80 bits per heavy atom. The molecule has 1 N–H and O–H groups in total. The van der Waals surface area contributed by atoms with Crippen molar-refractivity contribution in [2.75, 3.05) is 32.6 Å². The number of aromatic nitrogens is 3. The van der Waals surface area contributed by atoms with Crippen molar-refractivity contribution in [1.29, 1.82) is 0 Å². The van der Waals surface area contributed by atoms with Gasteiger partial charge in [-0.25, -0.2) is 15.0 Å². The van der Waals surface area contributed by atoms with Crippen molar-refractivity contribution < 1.29 is 37.0 Å². The number of fused-ring (bicyclic) bond motifs is 4. The molecule has 0 bridgehead atoms. The van der Waals surface area contributed by atoms with E-state index in [0.29, 0.717) is 35.6 Å². The normalized spacial score (nSPS) is 15.9. The van der Waals surface area contributed by atoms with Gasteiger partial charge in [-0.05, 0) is 39.0 Å².